The molecule has 0 saturated heterocycles. The molecule has 0 amide bonds. The second-order valence-corrected chi connectivity index (χ2v) is 8.33. The van der Waals surface area contributed by atoms with Crippen LogP contribution < -0.4 is 4.74 Å². The summed E-state index contributed by atoms with van der Waals surface area (Å²) in [6.07, 6.45) is 6.73. The number of ketones is 1. The molecule has 0 N–H and O–H groups in total. The lowest BCUT2D eigenvalue weighted by Crippen LogP contribution is -2.43. The van der Waals surface area contributed by atoms with Crippen molar-refractivity contribution < 1.29 is 18.3 Å². The first kappa shape index (κ1) is 19.6. The number of carbonyl (C=O) groups excluding carboxylic acids is 1. The fraction of sp³-hybridized carbons (Fsp3) is 0.231. The molecule has 1 aliphatic heterocycles. The topological polar surface area (TPSA) is 39.2 Å². The maximum atomic E-state index is 13.9. The van der Waals surface area contributed by atoms with Crippen molar-refractivity contribution in [3.63, 3.8) is 0 Å². The maximum Gasteiger partial charge on any atom is 0.173 e. The van der Waals surface area contributed by atoms with Gasteiger partial charge in [0.2, 0.25) is 0 Å². The van der Waals surface area contributed by atoms with E-state index in [9.17, 15) is 13.6 Å². The van der Waals surface area contributed by atoms with Gasteiger partial charge < -0.3 is 4.74 Å². The molecule has 1 spiro atoms. The number of ether oxygens (including phenoxy) is 1. The zero-order valence-electron chi connectivity index (χ0n) is 17.1. The van der Waals surface area contributed by atoms with Crippen LogP contribution in [0.4, 0.5) is 8.78 Å². The van der Waals surface area contributed by atoms with Gasteiger partial charge in [0.15, 0.2) is 5.78 Å². The number of hydrogen-bond donors (Lipinski definition) is 0. The molecule has 3 nitrogen and oxygen atoms in total. The highest BCUT2D eigenvalue weighted by atomic mass is 19.1. The van der Waals surface area contributed by atoms with E-state index < -0.39 is 23.0 Å². The second kappa shape index (κ2) is 7.41. The van der Waals surface area contributed by atoms with Crippen molar-refractivity contribution in [3.8, 4) is 5.75 Å². The van der Waals surface area contributed by atoms with Crippen molar-refractivity contribution in [2.75, 3.05) is 0 Å². The van der Waals surface area contributed by atoms with Gasteiger partial charge in [0.1, 0.15) is 23.0 Å². The lowest BCUT2D eigenvalue weighted by atomic mass is 9.76. The molecule has 2 aliphatic rings. The predicted octanol–water partition coefficient (Wildman–Crippen LogP) is 5.84. The number of pyridine rings is 1. The van der Waals surface area contributed by atoms with E-state index in [2.05, 4.69) is 17.1 Å². The zero-order valence-corrected chi connectivity index (χ0v) is 17.1. The molecular formula is C26H21F2NO2. The van der Waals surface area contributed by atoms with Crippen LogP contribution in [-0.2, 0) is 6.42 Å². The first-order valence-corrected chi connectivity index (χ1v) is 10.4. The average Bonchev–Trinajstić information content (AvgIpc) is 2.72. The number of fused-ring (bicyclic) bond motifs is 1. The minimum absolute atomic E-state index is 0.118. The Hall–Kier alpha value is -3.34. The zero-order chi connectivity index (χ0) is 21.6. The molecule has 31 heavy (non-hydrogen) atoms. The van der Waals surface area contributed by atoms with Crippen LogP contribution in [0.5, 0.6) is 5.75 Å². The van der Waals surface area contributed by atoms with Crippen LogP contribution in [0, 0.1) is 18.6 Å². The first-order chi connectivity index (χ1) is 14.9. The van der Waals surface area contributed by atoms with Crippen LogP contribution in [0.2, 0.25) is 0 Å². The van der Waals surface area contributed by atoms with Crippen molar-refractivity contribution in [2.24, 2.45) is 0 Å². The summed E-state index contributed by atoms with van der Waals surface area (Å²) in [5.41, 5.74) is 3.76. The molecule has 1 saturated carbocycles. The van der Waals surface area contributed by atoms with Crippen LogP contribution in [0.25, 0.3) is 5.57 Å². The van der Waals surface area contributed by atoms with Gasteiger partial charge in [-0.05, 0) is 67.7 Å². The number of hydrogen-bond acceptors (Lipinski definition) is 3. The maximum absolute atomic E-state index is 13.9. The van der Waals surface area contributed by atoms with Gasteiger partial charge in [-0.25, -0.2) is 8.78 Å². The fourth-order valence-corrected chi connectivity index (χ4v) is 4.24. The summed E-state index contributed by atoms with van der Waals surface area (Å²) >= 11 is 0. The van der Waals surface area contributed by atoms with E-state index in [1.807, 2.05) is 25.1 Å². The standard InChI is InChI=1S/C26H21F2NO2/c1-16-6-8-18-19(14-26(10-3-11-26)31-24(18)12-16)22-9-7-17(15-29-22)13-23(30)25-20(27)4-2-5-21(25)28/h2,4-9,12,14-15H,3,10-11,13H2,1H3. The Balaban J connectivity index is 1.44. The van der Waals surface area contributed by atoms with Crippen LogP contribution in [0.1, 0.15) is 52.0 Å². The van der Waals surface area contributed by atoms with Crippen molar-refractivity contribution in [1.82, 2.24) is 4.98 Å². The Morgan fingerprint density at radius 2 is 1.87 bits per heavy atom. The number of halogens is 2. The smallest absolute Gasteiger partial charge is 0.173 e. The minimum atomic E-state index is -0.848. The molecule has 2 heterocycles. The Labute approximate surface area is 179 Å². The van der Waals surface area contributed by atoms with Crippen molar-refractivity contribution in [2.45, 2.75) is 38.2 Å². The number of aryl methyl sites for hydroxylation is 1. The third kappa shape index (κ3) is 3.54. The second-order valence-electron chi connectivity index (χ2n) is 8.33. The number of nitrogens with zero attached hydrogens (tertiary/aromatic N) is 1. The van der Waals surface area contributed by atoms with Gasteiger partial charge in [0, 0.05) is 23.8 Å². The van der Waals surface area contributed by atoms with Crippen LogP contribution in [0.3, 0.4) is 0 Å². The summed E-state index contributed by atoms with van der Waals surface area (Å²) in [4.78, 5) is 17.0. The highest BCUT2D eigenvalue weighted by molar-refractivity contribution is 5.98. The predicted molar refractivity (Wildman–Crippen MR) is 114 cm³/mol. The third-order valence-corrected chi connectivity index (χ3v) is 6.05. The first-order valence-electron chi connectivity index (χ1n) is 10.4. The largest absolute Gasteiger partial charge is 0.483 e. The monoisotopic (exact) mass is 417 g/mol. The van der Waals surface area contributed by atoms with Crippen molar-refractivity contribution >= 4 is 11.4 Å². The summed E-state index contributed by atoms with van der Waals surface area (Å²) in [6, 6.07) is 13.2. The molecule has 3 aromatic rings. The summed E-state index contributed by atoms with van der Waals surface area (Å²) in [6.45, 7) is 2.04. The molecule has 1 fully saturated rings. The normalized spacial score (nSPS) is 16.2. The number of rotatable bonds is 4. The van der Waals surface area contributed by atoms with Crippen LogP contribution >= 0.6 is 0 Å². The van der Waals surface area contributed by atoms with Gasteiger partial charge in [0.05, 0.1) is 11.3 Å². The van der Waals surface area contributed by atoms with Gasteiger partial charge >= 0.3 is 0 Å². The van der Waals surface area contributed by atoms with E-state index in [1.54, 1.807) is 12.3 Å². The van der Waals surface area contributed by atoms with Crippen molar-refractivity contribution in [1.29, 1.82) is 0 Å². The summed E-state index contributed by atoms with van der Waals surface area (Å²) in [7, 11) is 0. The SMILES string of the molecule is Cc1ccc2c(c1)OC1(C=C2c2ccc(CC(=O)c3c(F)cccc3F)cn2)CCC1. The van der Waals surface area contributed by atoms with Crippen molar-refractivity contribution in [3.05, 3.63) is 100 Å². The van der Waals surface area contributed by atoms with Gasteiger partial charge in [-0.15, -0.1) is 0 Å². The Bertz CT molecular complexity index is 1190. The Kier molecular flexibility index (Phi) is 4.69. The molecule has 156 valence electrons. The number of Topliss-reactive ketones (excluding diaryl/α,β-unsaturated/α-hetero) is 1. The lowest BCUT2D eigenvalue weighted by Gasteiger charge is -2.43. The number of carbonyl (C=O) groups is 1. The Morgan fingerprint density at radius 1 is 1.10 bits per heavy atom. The van der Waals surface area contributed by atoms with E-state index >= 15 is 0 Å². The molecule has 0 unspecified atom stereocenters. The molecule has 2 aromatic carbocycles. The van der Waals surface area contributed by atoms with Crippen LogP contribution in [0.15, 0.2) is 60.8 Å². The summed E-state index contributed by atoms with van der Waals surface area (Å²) in [5.74, 6) is -1.43. The average molecular weight is 417 g/mol. The van der Waals surface area contributed by atoms with E-state index in [1.165, 1.54) is 6.07 Å². The van der Waals surface area contributed by atoms with Crippen LogP contribution in [-0.4, -0.2) is 16.4 Å². The quantitative estimate of drug-likeness (QED) is 0.501. The number of aromatic nitrogens is 1. The van der Waals surface area contributed by atoms with Gasteiger partial charge in [0.25, 0.3) is 0 Å². The van der Waals surface area contributed by atoms with Gasteiger partial charge in [-0.1, -0.05) is 24.3 Å². The van der Waals surface area contributed by atoms with E-state index in [0.717, 1.165) is 59.5 Å². The summed E-state index contributed by atoms with van der Waals surface area (Å²) in [5, 5.41) is 0. The van der Waals surface area contributed by atoms with E-state index in [0.29, 0.717) is 5.56 Å². The molecule has 1 aromatic heterocycles. The van der Waals surface area contributed by atoms with E-state index in [4.69, 9.17) is 4.74 Å². The molecule has 0 radical (unpaired) electrons. The molecule has 0 atom stereocenters. The fourth-order valence-electron chi connectivity index (χ4n) is 4.24. The lowest BCUT2D eigenvalue weighted by molar-refractivity contribution is 0.0376. The Morgan fingerprint density at radius 3 is 2.52 bits per heavy atom. The van der Waals surface area contributed by atoms with Gasteiger partial charge in [-0.2, -0.15) is 0 Å². The molecule has 1 aliphatic carbocycles. The minimum Gasteiger partial charge on any atom is -0.483 e. The number of benzene rings is 2. The molecule has 5 heteroatoms. The molecular weight excluding hydrogens is 396 g/mol. The van der Waals surface area contributed by atoms with Gasteiger partial charge in [-0.3, -0.25) is 9.78 Å². The highest BCUT2D eigenvalue weighted by Crippen LogP contribution is 2.47. The highest BCUT2D eigenvalue weighted by Gasteiger charge is 2.41. The third-order valence-electron chi connectivity index (χ3n) is 6.05. The molecule has 0 bridgehead atoms. The molecule has 5 rings (SSSR count). The summed E-state index contributed by atoms with van der Waals surface area (Å²) < 4.78 is 34.1. The van der Waals surface area contributed by atoms with E-state index in [-0.39, 0.29) is 12.0 Å².